The van der Waals surface area contributed by atoms with Gasteiger partial charge in [-0.2, -0.15) is 0 Å². The number of aromatic hydroxyl groups is 1. The van der Waals surface area contributed by atoms with E-state index >= 15 is 0 Å². The quantitative estimate of drug-likeness (QED) is 0.504. The number of aryl methyl sites for hydroxylation is 2. The number of rotatable bonds is 7. The number of aliphatic hydroxyl groups excluding tert-OH is 1. The maximum Gasteiger partial charge on any atom is 0.290 e. The number of methoxy groups -OCH3 is 1. The second-order valence-electron chi connectivity index (χ2n) is 8.15. The summed E-state index contributed by atoms with van der Waals surface area (Å²) in [4.78, 5) is 35.2. The van der Waals surface area contributed by atoms with E-state index in [0.717, 1.165) is 18.1 Å². The van der Waals surface area contributed by atoms with Crippen molar-refractivity contribution in [3.8, 4) is 11.5 Å². The van der Waals surface area contributed by atoms with Crippen LogP contribution in [0.25, 0.3) is 0 Å². The molecule has 1 aromatic heterocycles. The van der Waals surface area contributed by atoms with Crippen molar-refractivity contribution < 1.29 is 29.3 Å². The Hall–Kier alpha value is -2.47. The van der Waals surface area contributed by atoms with Gasteiger partial charge in [0, 0.05) is 26.2 Å². The van der Waals surface area contributed by atoms with Crippen molar-refractivity contribution in [2.75, 3.05) is 46.5 Å². The fraction of sp³-hybridized carbons (Fsp3) is 0.435. The van der Waals surface area contributed by atoms with Crippen LogP contribution < -0.4 is 4.74 Å². The summed E-state index contributed by atoms with van der Waals surface area (Å²) in [6, 6.07) is 2.36. The number of ketones is 1. The van der Waals surface area contributed by atoms with E-state index < -0.39 is 23.5 Å². The molecule has 2 aliphatic heterocycles. The van der Waals surface area contributed by atoms with Gasteiger partial charge < -0.3 is 24.6 Å². The van der Waals surface area contributed by atoms with Gasteiger partial charge in [-0.1, -0.05) is 0 Å². The van der Waals surface area contributed by atoms with E-state index in [1.807, 2.05) is 0 Å². The van der Waals surface area contributed by atoms with Crippen LogP contribution in [0, 0.1) is 13.8 Å². The summed E-state index contributed by atoms with van der Waals surface area (Å²) in [6.07, 6.45) is 0. The largest absolute Gasteiger partial charge is 0.503 e. The number of amides is 1. The number of morpholine rings is 1. The molecule has 2 aromatic rings. The first-order valence-corrected chi connectivity index (χ1v) is 12.4. The van der Waals surface area contributed by atoms with Gasteiger partial charge >= 0.3 is 0 Å². The lowest BCUT2D eigenvalue weighted by atomic mass is 9.94. The number of carbonyl (C=O) groups is 2. The zero-order valence-corrected chi connectivity index (χ0v) is 21.5. The Balaban J connectivity index is 1.77. The van der Waals surface area contributed by atoms with Crippen LogP contribution in [-0.4, -0.2) is 83.2 Å². The molecule has 11 heteroatoms. The van der Waals surface area contributed by atoms with Crippen LogP contribution in [0.3, 0.4) is 0 Å². The van der Waals surface area contributed by atoms with Gasteiger partial charge in [-0.25, -0.2) is 4.98 Å². The minimum atomic E-state index is -0.853. The third-order valence-electron chi connectivity index (χ3n) is 6.01. The van der Waals surface area contributed by atoms with Crippen LogP contribution in [0.2, 0.25) is 0 Å². The summed E-state index contributed by atoms with van der Waals surface area (Å²) in [5, 5.41) is 21.9. The van der Waals surface area contributed by atoms with Crippen LogP contribution >= 0.6 is 27.3 Å². The fourth-order valence-electron chi connectivity index (χ4n) is 4.31. The summed E-state index contributed by atoms with van der Waals surface area (Å²) in [5.41, 5.74) is 1.08. The number of nitrogens with zero attached hydrogens (tertiary/aromatic N) is 3. The molecule has 1 saturated heterocycles. The van der Waals surface area contributed by atoms with E-state index in [0.29, 0.717) is 46.9 Å². The van der Waals surface area contributed by atoms with Crippen molar-refractivity contribution in [2.24, 2.45) is 0 Å². The number of benzene rings is 1. The molecule has 0 radical (unpaired) electrons. The van der Waals surface area contributed by atoms with E-state index in [2.05, 4.69) is 25.8 Å². The van der Waals surface area contributed by atoms with E-state index in [-0.39, 0.29) is 17.1 Å². The number of hydrogen-bond acceptors (Lipinski definition) is 9. The Kier molecular flexibility index (Phi) is 7.27. The lowest BCUT2D eigenvalue weighted by Crippen LogP contribution is -2.43. The van der Waals surface area contributed by atoms with Crippen LogP contribution in [0.15, 0.2) is 27.9 Å². The molecule has 3 heterocycles. The molecule has 182 valence electrons. The molecule has 0 aliphatic carbocycles. The lowest BCUT2D eigenvalue weighted by Gasteiger charge is -2.32. The molecule has 1 fully saturated rings. The normalized spacial score (nSPS) is 19.2. The number of aliphatic hydroxyl groups is 1. The lowest BCUT2D eigenvalue weighted by molar-refractivity contribution is -0.129. The molecule has 2 N–H and O–H groups in total. The molecule has 4 rings (SSSR count). The number of carbonyl (C=O) groups excluding carboxylic acids is 2. The predicted molar refractivity (Wildman–Crippen MR) is 130 cm³/mol. The van der Waals surface area contributed by atoms with E-state index in [4.69, 9.17) is 9.47 Å². The molecular formula is C23H26BrN3O6S. The van der Waals surface area contributed by atoms with Gasteiger partial charge in [0.05, 0.1) is 52.0 Å². The number of thiazole rings is 1. The number of ether oxygens (including phenoxy) is 2. The van der Waals surface area contributed by atoms with E-state index in [1.54, 1.807) is 26.0 Å². The summed E-state index contributed by atoms with van der Waals surface area (Å²) in [5.74, 6) is -1.51. The SMILES string of the molecule is COc1cc(C2C(C(=O)c3sc(C)nc3C)=C(O)C(=O)N2CCN2CCOCC2)cc(Br)c1O. The Morgan fingerprint density at radius 3 is 2.59 bits per heavy atom. The molecule has 0 saturated carbocycles. The smallest absolute Gasteiger partial charge is 0.290 e. The number of halogens is 1. The van der Waals surface area contributed by atoms with Crippen molar-refractivity contribution in [3.63, 3.8) is 0 Å². The molecule has 1 unspecified atom stereocenters. The van der Waals surface area contributed by atoms with Crippen LogP contribution in [-0.2, 0) is 9.53 Å². The highest BCUT2D eigenvalue weighted by Gasteiger charge is 2.45. The average Bonchev–Trinajstić information content (AvgIpc) is 3.29. The fourth-order valence-corrected chi connectivity index (χ4v) is 5.64. The zero-order chi connectivity index (χ0) is 24.6. The number of phenolic OH excluding ortho intramolecular Hbond substituents is 1. The van der Waals surface area contributed by atoms with Gasteiger partial charge in [-0.15, -0.1) is 11.3 Å². The number of Topliss-reactive ketones (excluding diaryl/α,β-unsaturated/α-hetero) is 1. The molecule has 34 heavy (non-hydrogen) atoms. The zero-order valence-electron chi connectivity index (χ0n) is 19.1. The van der Waals surface area contributed by atoms with Gasteiger partial charge in [-0.3, -0.25) is 14.5 Å². The molecule has 9 nitrogen and oxygen atoms in total. The Morgan fingerprint density at radius 2 is 1.97 bits per heavy atom. The van der Waals surface area contributed by atoms with Crippen LogP contribution in [0.4, 0.5) is 0 Å². The first-order chi connectivity index (χ1) is 16.2. The van der Waals surface area contributed by atoms with Crippen LogP contribution in [0.1, 0.15) is 32.0 Å². The van der Waals surface area contributed by atoms with Gasteiger partial charge in [0.2, 0.25) is 5.78 Å². The molecule has 0 bridgehead atoms. The Labute approximate surface area is 209 Å². The molecule has 2 aliphatic rings. The second-order valence-corrected chi connectivity index (χ2v) is 10.2. The van der Waals surface area contributed by atoms with Crippen molar-refractivity contribution in [3.05, 3.63) is 49.1 Å². The Morgan fingerprint density at radius 1 is 1.26 bits per heavy atom. The minimum Gasteiger partial charge on any atom is -0.503 e. The molecule has 1 atom stereocenters. The van der Waals surface area contributed by atoms with Gasteiger partial charge in [0.25, 0.3) is 5.91 Å². The van der Waals surface area contributed by atoms with Crippen molar-refractivity contribution in [2.45, 2.75) is 19.9 Å². The van der Waals surface area contributed by atoms with Crippen LogP contribution in [0.5, 0.6) is 11.5 Å². The number of aromatic nitrogens is 1. The summed E-state index contributed by atoms with van der Waals surface area (Å²) >= 11 is 4.55. The first-order valence-electron chi connectivity index (χ1n) is 10.8. The highest BCUT2D eigenvalue weighted by molar-refractivity contribution is 9.10. The average molecular weight is 552 g/mol. The van der Waals surface area contributed by atoms with E-state index in [9.17, 15) is 19.8 Å². The number of phenols is 1. The summed E-state index contributed by atoms with van der Waals surface area (Å²) in [6.45, 7) is 7.13. The highest BCUT2D eigenvalue weighted by atomic mass is 79.9. The second kappa shape index (κ2) is 10.0. The molecule has 1 amide bonds. The third-order valence-corrected chi connectivity index (χ3v) is 7.68. The van der Waals surface area contributed by atoms with Crippen molar-refractivity contribution in [1.82, 2.24) is 14.8 Å². The summed E-state index contributed by atoms with van der Waals surface area (Å²) in [7, 11) is 1.42. The molecule has 1 aromatic carbocycles. The predicted octanol–water partition coefficient (Wildman–Crippen LogP) is 3.15. The Bertz CT molecular complexity index is 1160. The minimum absolute atomic E-state index is 0.00151. The topological polar surface area (TPSA) is 112 Å². The van der Waals surface area contributed by atoms with E-state index in [1.165, 1.54) is 23.3 Å². The number of hydrogen-bond donors (Lipinski definition) is 2. The van der Waals surface area contributed by atoms with Crippen molar-refractivity contribution in [1.29, 1.82) is 0 Å². The summed E-state index contributed by atoms with van der Waals surface area (Å²) < 4.78 is 11.0. The maximum absolute atomic E-state index is 13.6. The van der Waals surface area contributed by atoms with Crippen molar-refractivity contribution >= 4 is 39.0 Å². The molecular weight excluding hydrogens is 526 g/mol. The van der Waals surface area contributed by atoms with Gasteiger partial charge in [-0.05, 0) is 47.5 Å². The standard InChI is InChI=1S/C23H26BrN3O6S/c1-12-22(34-13(2)25-12)20(29)17-18(14-10-15(24)19(28)16(11-14)32-3)27(23(31)21(17)30)5-4-26-6-8-33-9-7-26/h10-11,18,28,30H,4-9H2,1-3H3. The monoisotopic (exact) mass is 551 g/mol. The first kappa shape index (κ1) is 24.6. The molecule has 0 spiro atoms. The van der Waals surface area contributed by atoms with Gasteiger partial charge in [0.15, 0.2) is 17.3 Å². The highest BCUT2D eigenvalue weighted by Crippen LogP contribution is 2.44. The maximum atomic E-state index is 13.6. The van der Waals surface area contributed by atoms with Gasteiger partial charge in [0.1, 0.15) is 0 Å². The third kappa shape index (κ3) is 4.57.